The van der Waals surface area contributed by atoms with Crippen molar-refractivity contribution in [3.05, 3.63) is 48.6 Å². The fraction of sp³-hybridized carbons (Fsp3) is 0.154. The van der Waals surface area contributed by atoms with E-state index in [1.807, 2.05) is 0 Å². The van der Waals surface area contributed by atoms with Crippen LogP contribution >= 0.6 is 0 Å². The minimum Gasteiger partial charge on any atom is -0.458 e. The van der Waals surface area contributed by atoms with Crippen LogP contribution in [0, 0.1) is 0 Å². The number of hydrogen-bond donors (Lipinski definition) is 0. The van der Waals surface area contributed by atoms with Crippen molar-refractivity contribution in [2.75, 3.05) is 6.61 Å². The first-order chi connectivity index (χ1) is 8.67. The number of carbonyl (C=O) groups excluding carboxylic acids is 3. The van der Waals surface area contributed by atoms with Gasteiger partial charge < -0.3 is 9.47 Å². The van der Waals surface area contributed by atoms with E-state index in [4.69, 9.17) is 9.47 Å². The predicted octanol–water partition coefficient (Wildman–Crippen LogP) is 1.20. The molecule has 1 rings (SSSR count). The molecule has 0 radical (unpaired) electrons. The van der Waals surface area contributed by atoms with Gasteiger partial charge in [-0.1, -0.05) is 36.9 Å². The summed E-state index contributed by atoms with van der Waals surface area (Å²) in [5.74, 6) is -1.64. The Morgan fingerprint density at radius 1 is 1.22 bits per heavy atom. The molecule has 18 heavy (non-hydrogen) atoms. The van der Waals surface area contributed by atoms with Gasteiger partial charge in [-0.25, -0.2) is 9.59 Å². The fourth-order valence-electron chi connectivity index (χ4n) is 1.25. The average Bonchev–Trinajstić information content (AvgIpc) is 2.43. The normalized spacial score (nSPS) is 11.1. The van der Waals surface area contributed by atoms with Crippen LogP contribution in [0.2, 0.25) is 0 Å². The Kier molecular flexibility index (Phi) is 5.31. The molecule has 0 aliphatic rings. The molecule has 5 heteroatoms. The summed E-state index contributed by atoms with van der Waals surface area (Å²) < 4.78 is 9.67. The maximum atomic E-state index is 11.0. The lowest BCUT2D eigenvalue weighted by atomic mass is 10.1. The van der Waals surface area contributed by atoms with Crippen molar-refractivity contribution in [3.8, 4) is 0 Å². The highest BCUT2D eigenvalue weighted by Gasteiger charge is 2.17. The zero-order valence-corrected chi connectivity index (χ0v) is 9.57. The number of benzene rings is 1. The molecule has 0 spiro atoms. The molecule has 94 valence electrons. The van der Waals surface area contributed by atoms with Crippen LogP contribution in [-0.2, 0) is 23.9 Å². The zero-order valence-electron chi connectivity index (χ0n) is 9.57. The van der Waals surface area contributed by atoms with E-state index in [-0.39, 0.29) is 12.9 Å². The van der Waals surface area contributed by atoms with E-state index in [9.17, 15) is 14.4 Å². The summed E-state index contributed by atoms with van der Waals surface area (Å²) in [5.41, 5.74) is 0.629. The van der Waals surface area contributed by atoms with E-state index < -0.39 is 18.0 Å². The summed E-state index contributed by atoms with van der Waals surface area (Å²) in [5, 5.41) is 0. The summed E-state index contributed by atoms with van der Waals surface area (Å²) in [6.07, 6.45) is 0.252. The first-order valence-electron chi connectivity index (χ1n) is 5.17. The van der Waals surface area contributed by atoms with Crippen LogP contribution in [-0.4, -0.2) is 24.8 Å². The Bertz CT molecular complexity index is 438. The quantitative estimate of drug-likeness (QED) is 0.327. The third kappa shape index (κ3) is 4.21. The lowest BCUT2D eigenvalue weighted by molar-refractivity contribution is -0.159. The van der Waals surface area contributed by atoms with Gasteiger partial charge in [0.15, 0.2) is 6.10 Å². The highest BCUT2D eigenvalue weighted by Crippen LogP contribution is 2.17. The Labute approximate surface area is 104 Å². The van der Waals surface area contributed by atoms with Crippen LogP contribution in [0.15, 0.2) is 43.0 Å². The summed E-state index contributed by atoms with van der Waals surface area (Å²) in [6.45, 7) is 3.08. The van der Waals surface area contributed by atoms with Gasteiger partial charge in [-0.15, -0.1) is 0 Å². The molecule has 0 aliphatic heterocycles. The smallest absolute Gasteiger partial charge is 0.372 e. The SMILES string of the molecule is C=CC(=O)OCC(OC(=O)C=O)c1ccccc1. The third-order valence-corrected chi connectivity index (χ3v) is 2.07. The molecule has 1 aromatic carbocycles. The summed E-state index contributed by atoms with van der Waals surface area (Å²) in [6, 6.07) is 8.67. The Morgan fingerprint density at radius 3 is 2.44 bits per heavy atom. The summed E-state index contributed by atoms with van der Waals surface area (Å²) in [7, 11) is 0. The van der Waals surface area contributed by atoms with Crippen LogP contribution in [0.3, 0.4) is 0 Å². The molecular weight excluding hydrogens is 236 g/mol. The van der Waals surface area contributed by atoms with Gasteiger partial charge in [0, 0.05) is 6.08 Å². The van der Waals surface area contributed by atoms with E-state index in [0.29, 0.717) is 5.56 Å². The minimum absolute atomic E-state index is 0.0608. The molecule has 0 heterocycles. The predicted molar refractivity (Wildman–Crippen MR) is 62.5 cm³/mol. The standard InChI is InChI=1S/C13H12O5/c1-2-12(15)17-9-11(18-13(16)8-14)10-6-4-3-5-7-10/h2-8,11H,1,9H2. The van der Waals surface area contributed by atoms with Gasteiger partial charge >= 0.3 is 11.9 Å². The minimum atomic E-state index is -1.02. The first kappa shape index (κ1) is 13.6. The molecule has 1 unspecified atom stereocenters. The molecule has 1 atom stereocenters. The van der Waals surface area contributed by atoms with Crippen LogP contribution in [0.5, 0.6) is 0 Å². The van der Waals surface area contributed by atoms with E-state index >= 15 is 0 Å². The molecule has 0 fully saturated rings. The average molecular weight is 248 g/mol. The van der Waals surface area contributed by atoms with Crippen molar-refractivity contribution in [2.45, 2.75) is 6.10 Å². The van der Waals surface area contributed by atoms with E-state index in [1.165, 1.54) is 0 Å². The van der Waals surface area contributed by atoms with Crippen molar-refractivity contribution < 1.29 is 23.9 Å². The Morgan fingerprint density at radius 2 is 1.89 bits per heavy atom. The van der Waals surface area contributed by atoms with Gasteiger partial charge in [0.1, 0.15) is 6.61 Å². The number of hydrogen-bond acceptors (Lipinski definition) is 5. The van der Waals surface area contributed by atoms with E-state index in [1.54, 1.807) is 30.3 Å². The largest absolute Gasteiger partial charge is 0.458 e. The number of rotatable bonds is 6. The summed E-state index contributed by atoms with van der Waals surface area (Å²) >= 11 is 0. The maximum absolute atomic E-state index is 11.0. The zero-order chi connectivity index (χ0) is 13.4. The second kappa shape index (κ2) is 7.01. The molecule has 0 saturated heterocycles. The monoisotopic (exact) mass is 248 g/mol. The molecular formula is C13H12O5. The number of carbonyl (C=O) groups is 3. The summed E-state index contributed by atoms with van der Waals surface area (Å²) in [4.78, 5) is 32.2. The highest BCUT2D eigenvalue weighted by atomic mass is 16.6. The molecule has 0 aliphatic carbocycles. The molecule has 0 saturated carbocycles. The third-order valence-electron chi connectivity index (χ3n) is 2.07. The van der Waals surface area contributed by atoms with Gasteiger partial charge in [-0.2, -0.15) is 0 Å². The number of esters is 2. The lowest BCUT2D eigenvalue weighted by Gasteiger charge is -2.16. The van der Waals surface area contributed by atoms with Gasteiger partial charge in [0.05, 0.1) is 0 Å². The molecule has 1 aromatic rings. The van der Waals surface area contributed by atoms with Gasteiger partial charge in [0.2, 0.25) is 6.29 Å². The van der Waals surface area contributed by atoms with Crippen LogP contribution in [0.1, 0.15) is 11.7 Å². The number of ether oxygens (including phenoxy) is 2. The Hall–Kier alpha value is -2.43. The fourth-order valence-corrected chi connectivity index (χ4v) is 1.25. The van der Waals surface area contributed by atoms with Gasteiger partial charge in [0.25, 0.3) is 0 Å². The van der Waals surface area contributed by atoms with Gasteiger partial charge in [-0.05, 0) is 5.56 Å². The van der Waals surface area contributed by atoms with Crippen molar-refractivity contribution in [2.24, 2.45) is 0 Å². The van der Waals surface area contributed by atoms with Crippen LogP contribution in [0.4, 0.5) is 0 Å². The molecule has 0 amide bonds. The van der Waals surface area contributed by atoms with Crippen molar-refractivity contribution >= 4 is 18.2 Å². The van der Waals surface area contributed by atoms with Gasteiger partial charge in [-0.3, -0.25) is 4.79 Å². The Balaban J connectivity index is 2.75. The maximum Gasteiger partial charge on any atom is 0.372 e. The van der Waals surface area contributed by atoms with E-state index in [0.717, 1.165) is 6.08 Å². The molecule has 0 bridgehead atoms. The first-order valence-corrected chi connectivity index (χ1v) is 5.17. The second-order valence-electron chi connectivity index (χ2n) is 3.29. The molecule has 5 nitrogen and oxygen atoms in total. The van der Waals surface area contributed by atoms with Crippen molar-refractivity contribution in [3.63, 3.8) is 0 Å². The van der Waals surface area contributed by atoms with Crippen molar-refractivity contribution in [1.82, 2.24) is 0 Å². The van der Waals surface area contributed by atoms with Crippen molar-refractivity contribution in [1.29, 1.82) is 0 Å². The highest BCUT2D eigenvalue weighted by molar-refractivity contribution is 6.20. The topological polar surface area (TPSA) is 69.7 Å². The van der Waals surface area contributed by atoms with Crippen LogP contribution in [0.25, 0.3) is 0 Å². The second-order valence-corrected chi connectivity index (χ2v) is 3.29. The number of aldehydes is 1. The van der Waals surface area contributed by atoms with Crippen LogP contribution < -0.4 is 0 Å². The lowest BCUT2D eigenvalue weighted by Crippen LogP contribution is -2.18. The molecule has 0 aromatic heterocycles. The van der Waals surface area contributed by atoms with E-state index in [2.05, 4.69) is 6.58 Å². The molecule has 0 N–H and O–H groups in total.